The number of aromatic nitrogens is 2. The van der Waals surface area contributed by atoms with E-state index in [1.54, 1.807) is 0 Å². The predicted octanol–water partition coefficient (Wildman–Crippen LogP) is 2.83. The number of nitrogens with zero attached hydrogens (tertiary/aromatic N) is 2. The van der Waals surface area contributed by atoms with Crippen molar-refractivity contribution < 1.29 is 4.79 Å². The molecule has 1 aromatic carbocycles. The number of hydrogen-bond donors (Lipinski definition) is 1. The van der Waals surface area contributed by atoms with Crippen molar-refractivity contribution in [3.8, 4) is 0 Å². The van der Waals surface area contributed by atoms with E-state index in [1.807, 2.05) is 23.1 Å². The van der Waals surface area contributed by atoms with Gasteiger partial charge in [0.2, 0.25) is 0 Å². The number of rotatable bonds is 2. The molecule has 1 aliphatic heterocycles. The van der Waals surface area contributed by atoms with Crippen LogP contribution < -0.4 is 5.56 Å². The van der Waals surface area contributed by atoms with Crippen molar-refractivity contribution in [2.75, 3.05) is 13.1 Å². The zero-order chi connectivity index (χ0) is 16.7. The summed E-state index contributed by atoms with van der Waals surface area (Å²) in [4.78, 5) is 32.4. The highest BCUT2D eigenvalue weighted by Crippen LogP contribution is 2.56. The van der Waals surface area contributed by atoms with Gasteiger partial charge in [-0.1, -0.05) is 30.2 Å². The molecule has 1 spiro atoms. The van der Waals surface area contributed by atoms with Crippen molar-refractivity contribution in [1.82, 2.24) is 14.9 Å². The summed E-state index contributed by atoms with van der Waals surface area (Å²) in [6.07, 6.45) is 6.03. The number of likely N-dealkylation sites (tertiary alicyclic amines) is 1. The normalized spacial score (nSPS) is 21.7. The molecule has 0 bridgehead atoms. The first-order valence-corrected chi connectivity index (χ1v) is 8.54. The lowest BCUT2D eigenvalue weighted by molar-refractivity contribution is 0.0719. The maximum atomic E-state index is 12.8. The van der Waals surface area contributed by atoms with Crippen LogP contribution in [0.3, 0.4) is 0 Å². The van der Waals surface area contributed by atoms with E-state index in [0.717, 1.165) is 24.4 Å². The van der Waals surface area contributed by atoms with E-state index >= 15 is 0 Å². The molecule has 1 saturated heterocycles. The Morgan fingerprint density at radius 2 is 2.17 bits per heavy atom. The summed E-state index contributed by atoms with van der Waals surface area (Å²) in [7, 11) is 0. The van der Waals surface area contributed by atoms with Crippen LogP contribution in [0.5, 0.6) is 0 Å². The molecule has 2 fully saturated rings. The van der Waals surface area contributed by atoms with Crippen LogP contribution in [0.25, 0.3) is 0 Å². The van der Waals surface area contributed by atoms with Crippen molar-refractivity contribution in [3.63, 3.8) is 0 Å². The largest absolute Gasteiger partial charge is 0.336 e. The standard InChI is InChI=1S/C18H18ClN3O2/c19-13-4-1-3-12(7-13)14-10-22(11-18(14)5-2-6-18)17(24)15-8-20-9-16(23)21-15/h1,3-4,7-9,14H,2,5-6,10-11H2,(H,21,23). The summed E-state index contributed by atoms with van der Waals surface area (Å²) in [6, 6.07) is 7.94. The Balaban J connectivity index is 1.64. The fourth-order valence-electron chi connectivity index (χ4n) is 4.10. The van der Waals surface area contributed by atoms with Crippen LogP contribution >= 0.6 is 11.6 Å². The van der Waals surface area contributed by atoms with Crippen molar-refractivity contribution in [3.05, 3.63) is 63.3 Å². The van der Waals surface area contributed by atoms with Gasteiger partial charge < -0.3 is 9.88 Å². The van der Waals surface area contributed by atoms with Gasteiger partial charge in [0.25, 0.3) is 11.5 Å². The van der Waals surface area contributed by atoms with Crippen LogP contribution in [0, 0.1) is 5.41 Å². The summed E-state index contributed by atoms with van der Waals surface area (Å²) >= 11 is 6.16. The maximum absolute atomic E-state index is 12.8. The molecule has 1 aromatic heterocycles. The number of aromatic amines is 1. The van der Waals surface area contributed by atoms with E-state index in [0.29, 0.717) is 6.54 Å². The van der Waals surface area contributed by atoms with Gasteiger partial charge in [-0.3, -0.25) is 14.6 Å². The Hall–Kier alpha value is -2.14. The number of H-pyrrole nitrogens is 1. The number of benzene rings is 1. The lowest BCUT2D eigenvalue weighted by Crippen LogP contribution is -2.38. The molecule has 4 rings (SSSR count). The van der Waals surface area contributed by atoms with Gasteiger partial charge in [-0.25, -0.2) is 0 Å². The van der Waals surface area contributed by atoms with Crippen LogP contribution in [-0.2, 0) is 0 Å². The third-order valence-corrected chi connectivity index (χ3v) is 5.65. The average molecular weight is 344 g/mol. The predicted molar refractivity (Wildman–Crippen MR) is 91.2 cm³/mol. The van der Waals surface area contributed by atoms with Crippen LogP contribution in [0.1, 0.15) is 41.2 Å². The van der Waals surface area contributed by atoms with Gasteiger partial charge in [0.05, 0.1) is 12.4 Å². The van der Waals surface area contributed by atoms with Gasteiger partial charge in [0.1, 0.15) is 5.69 Å². The van der Waals surface area contributed by atoms with Crippen molar-refractivity contribution in [2.24, 2.45) is 5.41 Å². The van der Waals surface area contributed by atoms with Crippen molar-refractivity contribution >= 4 is 17.5 Å². The van der Waals surface area contributed by atoms with Crippen LogP contribution in [0.4, 0.5) is 0 Å². The minimum atomic E-state index is -0.357. The molecule has 0 radical (unpaired) electrons. The topological polar surface area (TPSA) is 66.1 Å². The van der Waals surface area contributed by atoms with E-state index in [1.165, 1.54) is 24.4 Å². The third kappa shape index (κ3) is 2.53. The molecular formula is C18H18ClN3O2. The van der Waals surface area contributed by atoms with Gasteiger partial charge >= 0.3 is 0 Å². The Morgan fingerprint density at radius 1 is 1.33 bits per heavy atom. The summed E-state index contributed by atoms with van der Waals surface area (Å²) in [5.74, 6) is 0.133. The van der Waals surface area contributed by atoms with Gasteiger partial charge in [-0.2, -0.15) is 0 Å². The number of nitrogens with one attached hydrogen (secondary N) is 1. The number of carbonyl (C=O) groups is 1. The Labute approximate surface area is 144 Å². The van der Waals surface area contributed by atoms with E-state index < -0.39 is 0 Å². The Bertz CT molecular complexity index is 844. The zero-order valence-corrected chi connectivity index (χ0v) is 13.9. The second kappa shape index (κ2) is 5.74. The molecule has 2 aliphatic rings. The number of carbonyl (C=O) groups excluding carboxylic acids is 1. The molecule has 2 aromatic rings. The Morgan fingerprint density at radius 3 is 2.83 bits per heavy atom. The molecule has 1 aliphatic carbocycles. The van der Waals surface area contributed by atoms with Crippen LogP contribution in [-0.4, -0.2) is 33.9 Å². The first-order chi connectivity index (χ1) is 11.6. The quantitative estimate of drug-likeness (QED) is 0.911. The lowest BCUT2D eigenvalue weighted by Gasteiger charge is -2.43. The minimum Gasteiger partial charge on any atom is -0.336 e. The number of amides is 1. The van der Waals surface area contributed by atoms with Crippen molar-refractivity contribution in [1.29, 1.82) is 0 Å². The Kier molecular flexibility index (Phi) is 3.68. The molecule has 1 atom stereocenters. The van der Waals surface area contributed by atoms with Gasteiger partial charge in [-0.05, 0) is 36.0 Å². The van der Waals surface area contributed by atoms with Gasteiger partial charge in [0.15, 0.2) is 0 Å². The molecule has 124 valence electrons. The van der Waals surface area contributed by atoms with Crippen LogP contribution in [0.15, 0.2) is 41.5 Å². The van der Waals surface area contributed by atoms with E-state index in [-0.39, 0.29) is 28.5 Å². The zero-order valence-electron chi connectivity index (χ0n) is 13.2. The van der Waals surface area contributed by atoms with Gasteiger partial charge in [0, 0.05) is 24.0 Å². The molecule has 1 amide bonds. The number of hydrogen-bond acceptors (Lipinski definition) is 3. The molecule has 2 heterocycles. The summed E-state index contributed by atoms with van der Waals surface area (Å²) in [6.45, 7) is 1.37. The monoisotopic (exact) mass is 343 g/mol. The first kappa shape index (κ1) is 15.4. The summed E-state index contributed by atoms with van der Waals surface area (Å²) in [5, 5.41) is 0.725. The molecule has 6 heteroatoms. The molecule has 1 unspecified atom stereocenters. The second-order valence-electron chi connectivity index (χ2n) is 6.82. The summed E-state index contributed by atoms with van der Waals surface area (Å²) < 4.78 is 0. The van der Waals surface area contributed by atoms with Crippen molar-refractivity contribution in [2.45, 2.75) is 25.2 Å². The first-order valence-electron chi connectivity index (χ1n) is 8.16. The van der Waals surface area contributed by atoms with E-state index in [2.05, 4.69) is 16.0 Å². The lowest BCUT2D eigenvalue weighted by atomic mass is 9.61. The van der Waals surface area contributed by atoms with Gasteiger partial charge in [-0.15, -0.1) is 0 Å². The second-order valence-corrected chi connectivity index (χ2v) is 7.26. The summed E-state index contributed by atoms with van der Waals surface area (Å²) in [5.41, 5.74) is 1.23. The van der Waals surface area contributed by atoms with Crippen LogP contribution in [0.2, 0.25) is 5.02 Å². The highest BCUT2D eigenvalue weighted by atomic mass is 35.5. The fraction of sp³-hybridized carbons (Fsp3) is 0.389. The highest BCUT2D eigenvalue weighted by molar-refractivity contribution is 6.30. The maximum Gasteiger partial charge on any atom is 0.272 e. The van der Waals surface area contributed by atoms with E-state index in [9.17, 15) is 9.59 Å². The molecule has 24 heavy (non-hydrogen) atoms. The van der Waals surface area contributed by atoms with E-state index in [4.69, 9.17) is 11.6 Å². The molecular weight excluding hydrogens is 326 g/mol. The smallest absolute Gasteiger partial charge is 0.272 e. The SMILES string of the molecule is O=C(c1cncc(=O)[nH]1)N1CC(c2cccc(Cl)c2)C2(CCC2)C1. The molecule has 1 saturated carbocycles. The molecule has 1 N–H and O–H groups in total. The highest BCUT2D eigenvalue weighted by Gasteiger charge is 2.52. The fourth-order valence-corrected chi connectivity index (χ4v) is 4.30. The molecule has 5 nitrogen and oxygen atoms in total. The minimum absolute atomic E-state index is 0.142. The average Bonchev–Trinajstić information content (AvgIpc) is 2.95. The third-order valence-electron chi connectivity index (χ3n) is 5.42. The number of halogens is 1.